The lowest BCUT2D eigenvalue weighted by Crippen LogP contribution is -2.36. The predicted molar refractivity (Wildman–Crippen MR) is 106 cm³/mol. The molecule has 146 valence electrons. The molecule has 1 unspecified atom stereocenters. The van der Waals surface area contributed by atoms with Gasteiger partial charge in [-0.1, -0.05) is 11.6 Å². The molecule has 0 saturated carbocycles. The molecule has 1 saturated heterocycles. The highest BCUT2D eigenvalue weighted by molar-refractivity contribution is 5.79. The number of piperidine rings is 1. The Kier molecular flexibility index (Phi) is 5.00. The van der Waals surface area contributed by atoms with Crippen LogP contribution in [0.25, 0.3) is 10.9 Å². The van der Waals surface area contributed by atoms with Gasteiger partial charge in [0.05, 0.1) is 0 Å². The van der Waals surface area contributed by atoms with E-state index in [1.54, 1.807) is 10.9 Å². The van der Waals surface area contributed by atoms with Crippen LogP contribution in [0.2, 0.25) is 0 Å². The highest BCUT2D eigenvalue weighted by Gasteiger charge is 2.25. The second-order valence-electron chi connectivity index (χ2n) is 7.60. The van der Waals surface area contributed by atoms with Crippen molar-refractivity contribution < 1.29 is 9.90 Å². The van der Waals surface area contributed by atoms with Gasteiger partial charge in [-0.05, 0) is 56.0 Å². The molecule has 0 radical (unpaired) electrons. The van der Waals surface area contributed by atoms with Gasteiger partial charge in [-0.25, -0.2) is 0 Å². The average molecular weight is 380 g/mol. The van der Waals surface area contributed by atoms with Gasteiger partial charge < -0.3 is 10.1 Å². The van der Waals surface area contributed by atoms with Gasteiger partial charge in [0.2, 0.25) is 0 Å². The Labute approximate surface area is 162 Å². The molecule has 7 heteroatoms. The fourth-order valence-electron chi connectivity index (χ4n) is 4.12. The third-order valence-electron chi connectivity index (χ3n) is 5.43. The minimum absolute atomic E-state index is 0.0469. The first-order valence-corrected chi connectivity index (χ1v) is 9.58. The van der Waals surface area contributed by atoms with E-state index in [4.69, 9.17) is 5.11 Å². The quantitative estimate of drug-likeness (QED) is 0.710. The molecule has 3 aromatic rings. The average Bonchev–Trinajstić information content (AvgIpc) is 3.10. The molecule has 0 aliphatic carbocycles. The van der Waals surface area contributed by atoms with Gasteiger partial charge in [0.1, 0.15) is 6.54 Å². The summed E-state index contributed by atoms with van der Waals surface area (Å²) in [4.78, 5) is 28.8. The van der Waals surface area contributed by atoms with E-state index in [9.17, 15) is 9.59 Å². The second kappa shape index (κ2) is 7.59. The molecular formula is C21H24N4O3. The third-order valence-corrected chi connectivity index (χ3v) is 5.43. The Bertz CT molecular complexity index is 1070. The van der Waals surface area contributed by atoms with Gasteiger partial charge in [-0.2, -0.15) is 5.10 Å². The van der Waals surface area contributed by atoms with E-state index >= 15 is 0 Å². The maximum atomic E-state index is 12.5. The standard InChI is InChI=1S/C21H24N4O3/c1-14-4-5-18-16(9-14)10-17(21(28)23-18)12-24-8-2-3-15(11-24)19-6-7-22-25(19)13-20(26)27/h4-7,9-10,15H,2-3,8,11-13H2,1H3,(H,23,28)(H,26,27). The largest absolute Gasteiger partial charge is 0.480 e. The molecule has 2 N–H and O–H groups in total. The molecule has 3 heterocycles. The normalized spacial score (nSPS) is 17.8. The smallest absolute Gasteiger partial charge is 0.325 e. The van der Waals surface area contributed by atoms with Gasteiger partial charge >= 0.3 is 5.97 Å². The predicted octanol–water partition coefficient (Wildman–Crippen LogP) is 2.50. The number of aromatic amines is 1. The van der Waals surface area contributed by atoms with Crippen LogP contribution in [0.3, 0.4) is 0 Å². The van der Waals surface area contributed by atoms with E-state index in [2.05, 4.69) is 21.0 Å². The Hall–Kier alpha value is -2.93. The Morgan fingerprint density at radius 3 is 3.00 bits per heavy atom. The first kappa shape index (κ1) is 18.4. The fraction of sp³-hybridized carbons (Fsp3) is 0.381. The molecule has 1 aliphatic heterocycles. The van der Waals surface area contributed by atoms with Gasteiger partial charge in [0, 0.05) is 42.0 Å². The number of benzene rings is 1. The molecule has 1 fully saturated rings. The number of fused-ring (bicyclic) bond motifs is 1. The van der Waals surface area contributed by atoms with Crippen LogP contribution in [0, 0.1) is 6.92 Å². The molecule has 0 spiro atoms. The van der Waals surface area contributed by atoms with Crippen molar-refractivity contribution in [2.45, 2.75) is 38.8 Å². The highest BCUT2D eigenvalue weighted by atomic mass is 16.4. The lowest BCUT2D eigenvalue weighted by molar-refractivity contribution is -0.137. The van der Waals surface area contributed by atoms with E-state index < -0.39 is 5.97 Å². The van der Waals surface area contributed by atoms with Crippen LogP contribution in [0.4, 0.5) is 0 Å². The molecule has 2 aromatic heterocycles. The highest BCUT2D eigenvalue weighted by Crippen LogP contribution is 2.27. The lowest BCUT2D eigenvalue weighted by Gasteiger charge is -2.32. The van der Waals surface area contributed by atoms with Crippen molar-refractivity contribution in [3.8, 4) is 0 Å². The SMILES string of the molecule is Cc1ccc2[nH]c(=O)c(CN3CCCC(c4ccnn4CC(=O)O)C3)cc2c1. The van der Waals surface area contributed by atoms with Crippen molar-refractivity contribution in [2.75, 3.05) is 13.1 Å². The van der Waals surface area contributed by atoms with Crippen LogP contribution in [0.1, 0.15) is 35.6 Å². The molecule has 1 aliphatic rings. The van der Waals surface area contributed by atoms with E-state index in [0.29, 0.717) is 6.54 Å². The molecule has 1 aromatic carbocycles. The zero-order valence-corrected chi connectivity index (χ0v) is 15.9. The summed E-state index contributed by atoms with van der Waals surface area (Å²) in [6.45, 7) is 4.22. The van der Waals surface area contributed by atoms with Crippen LogP contribution in [-0.2, 0) is 17.9 Å². The summed E-state index contributed by atoms with van der Waals surface area (Å²) in [6, 6.07) is 9.91. The van der Waals surface area contributed by atoms with Crippen molar-refractivity contribution in [1.82, 2.24) is 19.7 Å². The zero-order chi connectivity index (χ0) is 19.7. The molecule has 28 heavy (non-hydrogen) atoms. The van der Waals surface area contributed by atoms with Crippen LogP contribution in [0.15, 0.2) is 41.3 Å². The monoisotopic (exact) mass is 380 g/mol. The first-order chi connectivity index (χ1) is 13.5. The number of H-pyrrole nitrogens is 1. The van der Waals surface area contributed by atoms with Crippen molar-refractivity contribution in [1.29, 1.82) is 0 Å². The number of nitrogens with zero attached hydrogens (tertiary/aromatic N) is 3. The fourth-order valence-corrected chi connectivity index (χ4v) is 4.12. The molecule has 1 atom stereocenters. The third kappa shape index (κ3) is 3.84. The molecule has 0 amide bonds. The summed E-state index contributed by atoms with van der Waals surface area (Å²) in [5, 5.41) is 14.3. The topological polar surface area (TPSA) is 91.2 Å². The number of rotatable bonds is 5. The summed E-state index contributed by atoms with van der Waals surface area (Å²) in [5.74, 6) is -0.673. The van der Waals surface area contributed by atoms with E-state index in [0.717, 1.165) is 53.7 Å². The number of carboxylic acid groups (broad SMARTS) is 1. The number of carbonyl (C=O) groups is 1. The van der Waals surface area contributed by atoms with Crippen molar-refractivity contribution in [3.05, 3.63) is 63.7 Å². The van der Waals surface area contributed by atoms with Crippen LogP contribution in [-0.4, -0.2) is 43.8 Å². The van der Waals surface area contributed by atoms with Crippen molar-refractivity contribution in [2.24, 2.45) is 0 Å². The Morgan fingerprint density at radius 1 is 1.32 bits per heavy atom. The van der Waals surface area contributed by atoms with Gasteiger partial charge in [-0.15, -0.1) is 0 Å². The zero-order valence-electron chi connectivity index (χ0n) is 15.9. The van der Waals surface area contributed by atoms with E-state index in [-0.39, 0.29) is 18.0 Å². The van der Waals surface area contributed by atoms with E-state index in [1.165, 1.54) is 0 Å². The first-order valence-electron chi connectivity index (χ1n) is 9.58. The van der Waals surface area contributed by atoms with Gasteiger partial charge in [-0.3, -0.25) is 19.2 Å². The number of hydrogen-bond acceptors (Lipinski definition) is 4. The summed E-state index contributed by atoms with van der Waals surface area (Å²) >= 11 is 0. The maximum Gasteiger partial charge on any atom is 0.325 e. The summed E-state index contributed by atoms with van der Waals surface area (Å²) in [6.07, 6.45) is 3.66. The second-order valence-corrected chi connectivity index (χ2v) is 7.60. The van der Waals surface area contributed by atoms with E-state index in [1.807, 2.05) is 31.2 Å². The Balaban J connectivity index is 1.54. The number of pyridine rings is 1. The Morgan fingerprint density at radius 2 is 2.18 bits per heavy atom. The summed E-state index contributed by atoms with van der Waals surface area (Å²) in [5.41, 5.74) is 3.69. The van der Waals surface area contributed by atoms with Crippen LogP contribution < -0.4 is 5.56 Å². The minimum atomic E-state index is -0.893. The number of carboxylic acids is 1. The number of aryl methyl sites for hydroxylation is 1. The lowest BCUT2D eigenvalue weighted by atomic mass is 9.94. The summed E-state index contributed by atoms with van der Waals surface area (Å²) in [7, 11) is 0. The molecular weight excluding hydrogens is 356 g/mol. The van der Waals surface area contributed by atoms with Gasteiger partial charge in [0.25, 0.3) is 5.56 Å². The molecule has 0 bridgehead atoms. The number of hydrogen-bond donors (Lipinski definition) is 2. The van der Waals surface area contributed by atoms with Gasteiger partial charge in [0.15, 0.2) is 0 Å². The number of likely N-dealkylation sites (tertiary alicyclic amines) is 1. The molecule has 7 nitrogen and oxygen atoms in total. The van der Waals surface area contributed by atoms with Crippen molar-refractivity contribution in [3.63, 3.8) is 0 Å². The van der Waals surface area contributed by atoms with Crippen molar-refractivity contribution >= 4 is 16.9 Å². The van der Waals surface area contributed by atoms with Crippen LogP contribution in [0.5, 0.6) is 0 Å². The molecule has 4 rings (SSSR count). The summed E-state index contributed by atoms with van der Waals surface area (Å²) < 4.78 is 1.57. The number of nitrogens with one attached hydrogen (secondary N) is 1. The number of aromatic nitrogens is 3. The maximum absolute atomic E-state index is 12.5. The number of aliphatic carboxylic acids is 1. The minimum Gasteiger partial charge on any atom is -0.480 e. The van der Waals surface area contributed by atoms with Crippen LogP contribution >= 0.6 is 0 Å².